The number of fused-ring (bicyclic) bond motifs is 9. The van der Waals surface area contributed by atoms with Crippen LogP contribution in [0, 0.1) is 0 Å². The maximum Gasteiger partial charge on any atom is 0.164 e. The molecule has 4 nitrogen and oxygen atoms in total. The Labute approximate surface area is 303 Å². The van der Waals surface area contributed by atoms with E-state index in [0.29, 0.717) is 17.5 Å². The molecular formula is C49H28N4. The Morgan fingerprint density at radius 3 is 1.60 bits per heavy atom. The molecule has 12 rings (SSSR count). The lowest BCUT2D eigenvalue weighted by Gasteiger charge is -2.15. The van der Waals surface area contributed by atoms with E-state index < -0.39 is 0 Å². The molecule has 0 saturated heterocycles. The monoisotopic (exact) mass is 672 g/mol. The predicted molar refractivity (Wildman–Crippen MR) is 220 cm³/mol. The maximum atomic E-state index is 5.25. The zero-order valence-corrected chi connectivity index (χ0v) is 28.5. The summed E-state index contributed by atoms with van der Waals surface area (Å²) < 4.78 is 2.49. The molecule has 0 aliphatic carbocycles. The van der Waals surface area contributed by atoms with Crippen molar-refractivity contribution in [1.29, 1.82) is 0 Å². The van der Waals surface area contributed by atoms with Crippen LogP contribution in [0.15, 0.2) is 170 Å². The van der Waals surface area contributed by atoms with Gasteiger partial charge in [-0.25, -0.2) is 15.0 Å². The van der Waals surface area contributed by atoms with Gasteiger partial charge in [-0.1, -0.05) is 158 Å². The minimum Gasteiger partial charge on any atom is -0.308 e. The van der Waals surface area contributed by atoms with E-state index in [9.17, 15) is 0 Å². The SMILES string of the molecule is c1ccc(-c2ccc(-c3nc(-c4ccccc4)nc(-c4cccc5c4cc4c6c5c5ccccc5c5ccc7c8ccccc8n4c7c56)n3)cc2)cc1. The number of hydrogen-bond donors (Lipinski definition) is 0. The van der Waals surface area contributed by atoms with Gasteiger partial charge in [0.1, 0.15) is 0 Å². The molecule has 9 aromatic carbocycles. The summed E-state index contributed by atoms with van der Waals surface area (Å²) in [6.45, 7) is 0. The van der Waals surface area contributed by atoms with E-state index in [2.05, 4.69) is 150 Å². The van der Waals surface area contributed by atoms with Crippen molar-refractivity contribution in [2.45, 2.75) is 0 Å². The fourth-order valence-electron chi connectivity index (χ4n) is 8.82. The zero-order chi connectivity index (χ0) is 34.6. The van der Waals surface area contributed by atoms with Crippen LogP contribution in [-0.2, 0) is 0 Å². The Bertz CT molecular complexity index is 3370. The fraction of sp³-hybridized carbons (Fsp3) is 0. The third-order valence-corrected chi connectivity index (χ3v) is 11.1. The Balaban J connectivity index is 1.18. The summed E-state index contributed by atoms with van der Waals surface area (Å²) in [5, 5.41) is 12.6. The van der Waals surface area contributed by atoms with Crippen LogP contribution in [-0.4, -0.2) is 19.4 Å². The Kier molecular flexibility index (Phi) is 5.74. The first-order valence-electron chi connectivity index (χ1n) is 18.0. The van der Waals surface area contributed by atoms with E-state index in [4.69, 9.17) is 15.0 Å². The molecule has 12 aromatic rings. The van der Waals surface area contributed by atoms with Crippen LogP contribution < -0.4 is 0 Å². The normalized spacial score (nSPS) is 12.2. The van der Waals surface area contributed by atoms with Crippen molar-refractivity contribution >= 4 is 70.4 Å². The van der Waals surface area contributed by atoms with E-state index >= 15 is 0 Å². The van der Waals surface area contributed by atoms with Crippen molar-refractivity contribution < 1.29 is 0 Å². The molecule has 0 saturated carbocycles. The summed E-state index contributed by atoms with van der Waals surface area (Å²) in [4.78, 5) is 15.5. The number of para-hydroxylation sites is 1. The first kappa shape index (κ1) is 28.5. The van der Waals surface area contributed by atoms with Gasteiger partial charge in [0, 0.05) is 43.6 Å². The molecule has 0 atom stereocenters. The van der Waals surface area contributed by atoms with Gasteiger partial charge in [0.15, 0.2) is 17.5 Å². The summed E-state index contributed by atoms with van der Waals surface area (Å²) in [7, 11) is 0. The molecular weight excluding hydrogens is 645 g/mol. The van der Waals surface area contributed by atoms with Gasteiger partial charge in [0.2, 0.25) is 0 Å². The van der Waals surface area contributed by atoms with Crippen LogP contribution in [0.4, 0.5) is 0 Å². The molecule has 0 fully saturated rings. The van der Waals surface area contributed by atoms with Gasteiger partial charge in [0.05, 0.1) is 16.6 Å². The highest BCUT2D eigenvalue weighted by Crippen LogP contribution is 2.50. The van der Waals surface area contributed by atoms with Gasteiger partial charge in [-0.2, -0.15) is 0 Å². The summed E-state index contributed by atoms with van der Waals surface area (Å²) in [5.74, 6) is 1.95. The maximum absolute atomic E-state index is 5.25. The van der Waals surface area contributed by atoms with Crippen molar-refractivity contribution in [3.05, 3.63) is 170 Å². The van der Waals surface area contributed by atoms with Crippen LogP contribution in [0.25, 0.3) is 116 Å². The van der Waals surface area contributed by atoms with Crippen molar-refractivity contribution in [2.75, 3.05) is 0 Å². The highest BCUT2D eigenvalue weighted by molar-refractivity contribution is 6.42. The van der Waals surface area contributed by atoms with Gasteiger partial charge < -0.3 is 4.40 Å². The summed E-state index contributed by atoms with van der Waals surface area (Å²) >= 11 is 0. The number of aromatic nitrogens is 4. The molecule has 0 spiro atoms. The number of rotatable bonds is 4. The van der Waals surface area contributed by atoms with Gasteiger partial charge in [-0.3, -0.25) is 0 Å². The Morgan fingerprint density at radius 2 is 0.830 bits per heavy atom. The lowest BCUT2D eigenvalue weighted by atomic mass is 9.89. The molecule has 244 valence electrons. The predicted octanol–water partition coefficient (Wildman–Crippen LogP) is 12.6. The van der Waals surface area contributed by atoms with Crippen LogP contribution in [0.2, 0.25) is 0 Å². The molecule has 0 N–H and O–H groups in total. The highest BCUT2D eigenvalue weighted by atomic mass is 15.0. The first-order valence-corrected chi connectivity index (χ1v) is 18.0. The minimum absolute atomic E-state index is 0.647. The lowest BCUT2D eigenvalue weighted by molar-refractivity contribution is 1.08. The summed E-state index contributed by atoms with van der Waals surface area (Å²) in [6, 6.07) is 60.5. The fourth-order valence-corrected chi connectivity index (χ4v) is 8.82. The first-order chi connectivity index (χ1) is 26.3. The van der Waals surface area contributed by atoms with Crippen LogP contribution in [0.3, 0.4) is 0 Å². The van der Waals surface area contributed by atoms with Crippen LogP contribution >= 0.6 is 0 Å². The van der Waals surface area contributed by atoms with E-state index in [-0.39, 0.29) is 0 Å². The molecule has 0 bridgehead atoms. The third kappa shape index (κ3) is 3.98. The molecule has 0 radical (unpaired) electrons. The summed E-state index contributed by atoms with van der Waals surface area (Å²) in [6.07, 6.45) is 0. The van der Waals surface area contributed by atoms with Crippen LogP contribution in [0.1, 0.15) is 0 Å². The largest absolute Gasteiger partial charge is 0.308 e. The van der Waals surface area contributed by atoms with Crippen molar-refractivity contribution in [3.8, 4) is 45.3 Å². The second-order valence-electron chi connectivity index (χ2n) is 13.9. The molecule has 3 aromatic heterocycles. The summed E-state index contributed by atoms with van der Waals surface area (Å²) in [5.41, 5.74) is 8.93. The van der Waals surface area contributed by atoms with E-state index in [1.807, 2.05) is 24.3 Å². The topological polar surface area (TPSA) is 43.1 Å². The molecule has 0 aliphatic heterocycles. The Hall–Kier alpha value is -7.17. The van der Waals surface area contributed by atoms with Gasteiger partial charge in [-0.05, 0) is 50.2 Å². The van der Waals surface area contributed by atoms with E-state index in [0.717, 1.165) is 27.6 Å². The molecule has 3 heterocycles. The molecule has 4 heteroatoms. The molecule has 0 amide bonds. The molecule has 0 aliphatic rings. The van der Waals surface area contributed by atoms with E-state index in [1.165, 1.54) is 70.6 Å². The lowest BCUT2D eigenvalue weighted by Crippen LogP contribution is -2.00. The van der Waals surface area contributed by atoms with Gasteiger partial charge in [0.25, 0.3) is 0 Å². The Morgan fingerprint density at radius 1 is 0.302 bits per heavy atom. The smallest absolute Gasteiger partial charge is 0.164 e. The number of nitrogens with zero attached hydrogens (tertiary/aromatic N) is 4. The van der Waals surface area contributed by atoms with Crippen molar-refractivity contribution in [3.63, 3.8) is 0 Å². The van der Waals surface area contributed by atoms with Gasteiger partial charge >= 0.3 is 0 Å². The van der Waals surface area contributed by atoms with Crippen LogP contribution in [0.5, 0.6) is 0 Å². The zero-order valence-electron chi connectivity index (χ0n) is 28.5. The average Bonchev–Trinajstić information content (AvgIpc) is 3.76. The minimum atomic E-state index is 0.647. The number of benzene rings is 9. The van der Waals surface area contributed by atoms with E-state index in [1.54, 1.807) is 0 Å². The average molecular weight is 673 g/mol. The second kappa shape index (κ2) is 10.7. The highest BCUT2D eigenvalue weighted by Gasteiger charge is 2.25. The van der Waals surface area contributed by atoms with Gasteiger partial charge in [-0.15, -0.1) is 0 Å². The van der Waals surface area contributed by atoms with Crippen molar-refractivity contribution in [1.82, 2.24) is 19.4 Å². The standard InChI is InChI=1S/C49H28N4/c1-3-12-29(13-4-1)30-22-24-32(25-23-30)48-50-47(31-14-5-2-6-15-31)51-49(52-48)39-20-11-19-36-40(39)28-42-45-43(36)35-18-8-7-16-33(35)37-26-27-38-34-17-9-10-21-41(34)53(42)46(38)44(37)45/h1-28H. The molecule has 53 heavy (non-hydrogen) atoms. The van der Waals surface area contributed by atoms with Crippen molar-refractivity contribution in [2.24, 2.45) is 0 Å². The second-order valence-corrected chi connectivity index (χ2v) is 13.9. The molecule has 0 unspecified atom stereocenters. The third-order valence-electron chi connectivity index (χ3n) is 11.1. The quantitative estimate of drug-likeness (QED) is 0.175. The number of hydrogen-bond acceptors (Lipinski definition) is 3.